The SMILES string of the molecule is Cn1nc(N2c3cc(F)ccc3CC2C(=O)O)ccc1=O. The van der Waals surface area contributed by atoms with Crippen LogP contribution >= 0.6 is 0 Å². The lowest BCUT2D eigenvalue weighted by Gasteiger charge is -2.23. The van der Waals surface area contributed by atoms with Crippen LogP contribution in [-0.2, 0) is 18.3 Å². The maximum Gasteiger partial charge on any atom is 0.327 e. The van der Waals surface area contributed by atoms with Crippen LogP contribution < -0.4 is 10.5 Å². The number of aliphatic carboxylic acids is 1. The summed E-state index contributed by atoms with van der Waals surface area (Å²) in [5.41, 5.74) is 0.900. The highest BCUT2D eigenvalue weighted by Gasteiger charge is 2.36. The van der Waals surface area contributed by atoms with Gasteiger partial charge < -0.3 is 10.0 Å². The Bertz CT molecular complexity index is 787. The molecule has 0 fully saturated rings. The number of anilines is 2. The number of halogens is 1. The average molecular weight is 289 g/mol. The summed E-state index contributed by atoms with van der Waals surface area (Å²) in [5.74, 6) is -1.18. The lowest BCUT2D eigenvalue weighted by molar-refractivity contribution is -0.138. The fraction of sp³-hybridized carbons (Fsp3) is 0.214. The predicted octanol–water partition coefficient (Wildman–Crippen LogP) is 1.07. The Hall–Kier alpha value is -2.70. The number of benzene rings is 1. The van der Waals surface area contributed by atoms with Crippen molar-refractivity contribution in [1.29, 1.82) is 0 Å². The lowest BCUT2D eigenvalue weighted by Crippen LogP contribution is -2.36. The monoisotopic (exact) mass is 289 g/mol. The van der Waals surface area contributed by atoms with E-state index in [1.54, 1.807) is 6.07 Å². The van der Waals surface area contributed by atoms with Crippen molar-refractivity contribution in [2.75, 3.05) is 4.90 Å². The van der Waals surface area contributed by atoms with Crippen LogP contribution in [0.4, 0.5) is 15.9 Å². The minimum Gasteiger partial charge on any atom is -0.480 e. The summed E-state index contributed by atoms with van der Waals surface area (Å²) in [6.07, 6.45) is 0.259. The molecule has 2 aromatic rings. The molecule has 1 aliphatic heterocycles. The number of aryl methyl sites for hydroxylation is 1. The van der Waals surface area contributed by atoms with E-state index in [4.69, 9.17) is 0 Å². The van der Waals surface area contributed by atoms with Crippen LogP contribution in [0.3, 0.4) is 0 Å². The molecule has 1 unspecified atom stereocenters. The van der Waals surface area contributed by atoms with E-state index in [0.29, 0.717) is 11.5 Å². The fourth-order valence-corrected chi connectivity index (χ4v) is 2.50. The molecule has 1 aromatic carbocycles. The molecule has 1 aliphatic rings. The van der Waals surface area contributed by atoms with Gasteiger partial charge >= 0.3 is 5.97 Å². The second kappa shape index (κ2) is 4.69. The summed E-state index contributed by atoms with van der Waals surface area (Å²) >= 11 is 0. The highest BCUT2D eigenvalue weighted by molar-refractivity contribution is 5.86. The number of rotatable bonds is 2. The van der Waals surface area contributed by atoms with E-state index in [2.05, 4.69) is 5.10 Å². The van der Waals surface area contributed by atoms with Gasteiger partial charge in [0.1, 0.15) is 11.9 Å². The second-order valence-electron chi connectivity index (χ2n) is 4.85. The molecule has 7 heteroatoms. The van der Waals surface area contributed by atoms with Gasteiger partial charge in [-0.25, -0.2) is 13.9 Å². The van der Waals surface area contributed by atoms with E-state index in [1.807, 2.05) is 0 Å². The van der Waals surface area contributed by atoms with E-state index in [9.17, 15) is 19.1 Å². The first kappa shape index (κ1) is 13.3. The number of carboxylic acid groups (broad SMARTS) is 1. The molecule has 108 valence electrons. The third kappa shape index (κ3) is 2.16. The van der Waals surface area contributed by atoms with Crippen molar-refractivity contribution < 1.29 is 14.3 Å². The second-order valence-corrected chi connectivity index (χ2v) is 4.85. The lowest BCUT2D eigenvalue weighted by atomic mass is 10.1. The first-order valence-corrected chi connectivity index (χ1v) is 6.32. The summed E-state index contributed by atoms with van der Waals surface area (Å²) < 4.78 is 14.6. The molecule has 6 nitrogen and oxygen atoms in total. The normalized spacial score (nSPS) is 16.9. The van der Waals surface area contributed by atoms with Crippen LogP contribution in [0.25, 0.3) is 0 Å². The number of fused-ring (bicyclic) bond motifs is 1. The summed E-state index contributed by atoms with van der Waals surface area (Å²) in [6.45, 7) is 0. The quantitative estimate of drug-likeness (QED) is 0.895. The van der Waals surface area contributed by atoms with E-state index in [-0.39, 0.29) is 12.0 Å². The Labute approximate surface area is 119 Å². The van der Waals surface area contributed by atoms with E-state index in [1.165, 1.54) is 36.2 Å². The van der Waals surface area contributed by atoms with Crippen molar-refractivity contribution in [1.82, 2.24) is 9.78 Å². The van der Waals surface area contributed by atoms with Gasteiger partial charge in [0.25, 0.3) is 5.56 Å². The molecular weight excluding hydrogens is 277 g/mol. The molecule has 0 saturated carbocycles. The van der Waals surface area contributed by atoms with Gasteiger partial charge in [-0.1, -0.05) is 6.07 Å². The number of hydrogen-bond acceptors (Lipinski definition) is 4. The van der Waals surface area contributed by atoms with Gasteiger partial charge in [0.05, 0.1) is 0 Å². The largest absolute Gasteiger partial charge is 0.480 e. The average Bonchev–Trinajstić information content (AvgIpc) is 2.80. The number of nitrogens with zero attached hydrogens (tertiary/aromatic N) is 3. The number of carbonyl (C=O) groups is 1. The van der Waals surface area contributed by atoms with Gasteiger partial charge in [0, 0.05) is 25.2 Å². The standard InChI is InChI=1S/C14H12FN3O3/c1-17-13(19)5-4-12(16-17)18-10-7-9(15)3-2-8(10)6-11(18)14(20)21/h2-5,7,11H,6H2,1H3,(H,20,21). The Kier molecular flexibility index (Phi) is 2.97. The van der Waals surface area contributed by atoms with Crippen molar-refractivity contribution in [3.63, 3.8) is 0 Å². The molecular formula is C14H12FN3O3. The van der Waals surface area contributed by atoms with Crippen molar-refractivity contribution in [3.8, 4) is 0 Å². The van der Waals surface area contributed by atoms with Gasteiger partial charge in [0.2, 0.25) is 0 Å². The highest BCUT2D eigenvalue weighted by Crippen LogP contribution is 2.37. The zero-order valence-corrected chi connectivity index (χ0v) is 11.2. The van der Waals surface area contributed by atoms with Crippen molar-refractivity contribution in [3.05, 3.63) is 52.1 Å². The summed E-state index contributed by atoms with van der Waals surface area (Å²) in [6, 6.07) is 6.03. The summed E-state index contributed by atoms with van der Waals surface area (Å²) in [4.78, 5) is 24.3. The van der Waals surface area contributed by atoms with Crippen molar-refractivity contribution in [2.45, 2.75) is 12.5 Å². The predicted molar refractivity (Wildman–Crippen MR) is 73.1 cm³/mol. The number of aromatic nitrogens is 2. The first-order chi connectivity index (χ1) is 9.97. The zero-order chi connectivity index (χ0) is 15.1. The summed E-state index contributed by atoms with van der Waals surface area (Å²) in [7, 11) is 1.48. The maximum absolute atomic E-state index is 13.5. The molecule has 1 atom stereocenters. The van der Waals surface area contributed by atoms with Gasteiger partial charge in [0.15, 0.2) is 5.82 Å². The topological polar surface area (TPSA) is 75.4 Å². The van der Waals surface area contributed by atoms with Gasteiger partial charge in [-0.05, 0) is 23.8 Å². The van der Waals surface area contributed by atoms with Crippen LogP contribution in [0.5, 0.6) is 0 Å². The molecule has 0 aliphatic carbocycles. The van der Waals surface area contributed by atoms with Crippen LogP contribution in [0.2, 0.25) is 0 Å². The molecule has 2 heterocycles. The number of hydrogen-bond donors (Lipinski definition) is 1. The van der Waals surface area contributed by atoms with Crippen molar-refractivity contribution >= 4 is 17.5 Å². The smallest absolute Gasteiger partial charge is 0.327 e. The molecule has 0 spiro atoms. The Balaban J connectivity index is 2.17. The third-order valence-corrected chi connectivity index (χ3v) is 3.51. The molecule has 1 N–H and O–H groups in total. The van der Waals surface area contributed by atoms with E-state index < -0.39 is 17.8 Å². The third-order valence-electron chi connectivity index (χ3n) is 3.51. The van der Waals surface area contributed by atoms with Gasteiger partial charge in [-0.2, -0.15) is 5.10 Å². The van der Waals surface area contributed by atoms with Crippen LogP contribution in [0, 0.1) is 5.82 Å². The van der Waals surface area contributed by atoms with Gasteiger partial charge in [-0.3, -0.25) is 4.79 Å². The maximum atomic E-state index is 13.5. The van der Waals surface area contributed by atoms with E-state index >= 15 is 0 Å². The van der Waals surface area contributed by atoms with E-state index in [0.717, 1.165) is 10.2 Å². The van der Waals surface area contributed by atoms with Gasteiger partial charge in [-0.15, -0.1) is 0 Å². The molecule has 0 amide bonds. The van der Waals surface area contributed by atoms with Crippen molar-refractivity contribution in [2.24, 2.45) is 7.05 Å². The Morgan fingerprint density at radius 2 is 2.14 bits per heavy atom. The zero-order valence-electron chi connectivity index (χ0n) is 11.2. The minimum atomic E-state index is -1.03. The Morgan fingerprint density at radius 3 is 2.81 bits per heavy atom. The fourth-order valence-electron chi connectivity index (χ4n) is 2.50. The molecule has 3 rings (SSSR count). The molecule has 21 heavy (non-hydrogen) atoms. The highest BCUT2D eigenvalue weighted by atomic mass is 19.1. The van der Waals surface area contributed by atoms with Crippen LogP contribution in [0.15, 0.2) is 35.1 Å². The first-order valence-electron chi connectivity index (χ1n) is 6.32. The van der Waals surface area contributed by atoms with Crippen LogP contribution in [0.1, 0.15) is 5.56 Å². The number of carboxylic acids is 1. The van der Waals surface area contributed by atoms with Crippen LogP contribution in [-0.4, -0.2) is 26.9 Å². The molecule has 1 aromatic heterocycles. The molecule has 0 saturated heterocycles. The molecule has 0 bridgehead atoms. The molecule has 0 radical (unpaired) electrons. The minimum absolute atomic E-state index is 0.259. The summed E-state index contributed by atoms with van der Waals surface area (Å²) in [5, 5.41) is 13.4. The Morgan fingerprint density at radius 1 is 1.38 bits per heavy atom.